The van der Waals surface area contributed by atoms with Crippen molar-refractivity contribution in [2.45, 2.75) is 61.6 Å². The standard InChI is InChI=1S/C15H31N2O3PS.2CH4/c1-14(2,3)12-20-21(19,15(4,5)6)17-9-7-16(8-10-17)13(18)11-22;;/h22H,7-12H2,1-6H3;2*1H4. The van der Waals surface area contributed by atoms with Gasteiger partial charge in [-0.2, -0.15) is 12.6 Å². The maximum atomic E-state index is 13.6. The average Bonchev–Trinajstić information content (AvgIpc) is 2.42. The summed E-state index contributed by atoms with van der Waals surface area (Å²) in [6.45, 7) is 14.9. The summed E-state index contributed by atoms with van der Waals surface area (Å²) in [7, 11) is -2.96. The van der Waals surface area contributed by atoms with Crippen molar-refractivity contribution in [1.29, 1.82) is 0 Å². The fraction of sp³-hybridized carbons (Fsp3) is 0.941. The van der Waals surface area contributed by atoms with Gasteiger partial charge in [0, 0.05) is 26.2 Å². The summed E-state index contributed by atoms with van der Waals surface area (Å²) in [6, 6.07) is 0. The molecule has 7 heteroatoms. The smallest absolute Gasteiger partial charge is 0.277 e. The zero-order valence-corrected chi connectivity index (χ0v) is 16.5. The highest BCUT2D eigenvalue weighted by molar-refractivity contribution is 7.81. The van der Waals surface area contributed by atoms with E-state index in [0.717, 1.165) is 0 Å². The van der Waals surface area contributed by atoms with Crippen LogP contribution in [0.3, 0.4) is 0 Å². The van der Waals surface area contributed by atoms with Gasteiger partial charge in [-0.25, -0.2) is 4.67 Å². The molecule has 0 N–H and O–H groups in total. The molecular formula is C17H39N2O3PS. The third-order valence-electron chi connectivity index (χ3n) is 3.64. The van der Waals surface area contributed by atoms with E-state index in [1.165, 1.54) is 0 Å². The van der Waals surface area contributed by atoms with E-state index in [4.69, 9.17) is 4.52 Å². The number of hydrogen-bond donors (Lipinski definition) is 1. The fourth-order valence-corrected chi connectivity index (χ4v) is 5.16. The summed E-state index contributed by atoms with van der Waals surface area (Å²) in [6.07, 6.45) is 0. The van der Waals surface area contributed by atoms with Crippen LogP contribution in [0.1, 0.15) is 56.4 Å². The molecule has 1 atom stereocenters. The molecule has 0 spiro atoms. The quantitative estimate of drug-likeness (QED) is 0.579. The number of carbonyl (C=O) groups excluding carboxylic acids is 1. The van der Waals surface area contributed by atoms with E-state index < -0.39 is 12.7 Å². The van der Waals surface area contributed by atoms with Crippen molar-refractivity contribution >= 4 is 26.1 Å². The second-order valence-electron chi connectivity index (χ2n) is 8.02. The average molecular weight is 383 g/mol. The second kappa shape index (κ2) is 9.61. The minimum Gasteiger partial charge on any atom is -0.339 e. The molecule has 0 aromatic rings. The van der Waals surface area contributed by atoms with E-state index in [0.29, 0.717) is 32.8 Å². The molecule has 1 fully saturated rings. The normalized spacial score (nSPS) is 19.0. The second-order valence-corrected chi connectivity index (χ2v) is 11.5. The molecule has 1 amide bonds. The minimum absolute atomic E-state index is 0. The summed E-state index contributed by atoms with van der Waals surface area (Å²) >= 11 is 4.03. The van der Waals surface area contributed by atoms with E-state index >= 15 is 0 Å². The summed E-state index contributed by atoms with van der Waals surface area (Å²) in [4.78, 5) is 13.5. The van der Waals surface area contributed by atoms with E-state index in [9.17, 15) is 9.36 Å². The first kappa shape index (κ1) is 26.2. The van der Waals surface area contributed by atoms with Crippen molar-refractivity contribution in [2.75, 3.05) is 38.5 Å². The highest BCUT2D eigenvalue weighted by Gasteiger charge is 2.45. The van der Waals surface area contributed by atoms with Crippen molar-refractivity contribution in [2.24, 2.45) is 5.41 Å². The van der Waals surface area contributed by atoms with E-state index in [1.807, 2.05) is 25.4 Å². The van der Waals surface area contributed by atoms with E-state index in [-0.39, 0.29) is 31.9 Å². The third kappa shape index (κ3) is 6.70. The summed E-state index contributed by atoms with van der Waals surface area (Å²) in [5.74, 6) is 0.251. The monoisotopic (exact) mass is 382 g/mol. The highest BCUT2D eigenvalue weighted by atomic mass is 32.1. The van der Waals surface area contributed by atoms with Crippen molar-refractivity contribution < 1.29 is 13.9 Å². The molecule has 0 aromatic carbocycles. The Labute approximate surface area is 155 Å². The summed E-state index contributed by atoms with van der Waals surface area (Å²) < 4.78 is 21.5. The lowest BCUT2D eigenvalue weighted by Crippen LogP contribution is -2.49. The van der Waals surface area contributed by atoms with Crippen LogP contribution in [0, 0.1) is 5.41 Å². The Morgan fingerprint density at radius 2 is 1.50 bits per heavy atom. The molecule has 0 bridgehead atoms. The van der Waals surface area contributed by atoms with Crippen LogP contribution in [0.5, 0.6) is 0 Å². The Morgan fingerprint density at radius 1 is 1.04 bits per heavy atom. The Bertz CT molecular complexity index is 436. The van der Waals surface area contributed by atoms with E-state index in [2.05, 4.69) is 33.4 Å². The number of thiol groups is 1. The van der Waals surface area contributed by atoms with Gasteiger partial charge in [0.15, 0.2) is 0 Å². The fourth-order valence-electron chi connectivity index (χ4n) is 2.29. The molecule has 1 rings (SSSR count). The lowest BCUT2D eigenvalue weighted by atomic mass is 9.99. The predicted molar refractivity (Wildman–Crippen MR) is 108 cm³/mol. The molecule has 24 heavy (non-hydrogen) atoms. The SMILES string of the molecule is C.C.CC(C)(C)COP(=O)(N1CCN(C(=O)CS)CC1)C(C)(C)C. The topological polar surface area (TPSA) is 49.9 Å². The van der Waals surface area contributed by atoms with Gasteiger partial charge >= 0.3 is 0 Å². The Hall–Kier alpha value is -0.0300. The van der Waals surface area contributed by atoms with Gasteiger partial charge in [0.1, 0.15) is 0 Å². The van der Waals surface area contributed by atoms with Crippen molar-refractivity contribution in [3.8, 4) is 0 Å². The molecule has 1 heterocycles. The molecule has 0 aromatic heterocycles. The highest BCUT2D eigenvalue weighted by Crippen LogP contribution is 2.62. The van der Waals surface area contributed by atoms with Gasteiger partial charge in [0.05, 0.1) is 17.5 Å². The van der Waals surface area contributed by atoms with Crippen molar-refractivity contribution in [3.05, 3.63) is 0 Å². The van der Waals surface area contributed by atoms with Crippen LogP contribution >= 0.6 is 20.1 Å². The molecule has 5 nitrogen and oxygen atoms in total. The van der Waals surface area contributed by atoms with Crippen LogP contribution in [-0.4, -0.2) is 59.2 Å². The van der Waals surface area contributed by atoms with Gasteiger partial charge in [0.25, 0.3) is 7.52 Å². The van der Waals surface area contributed by atoms with Gasteiger partial charge in [-0.1, -0.05) is 35.6 Å². The number of hydrogen-bond acceptors (Lipinski definition) is 4. The number of piperazine rings is 1. The number of nitrogens with zero attached hydrogens (tertiary/aromatic N) is 2. The molecule has 1 aliphatic heterocycles. The van der Waals surface area contributed by atoms with Crippen molar-refractivity contribution in [1.82, 2.24) is 9.57 Å². The van der Waals surface area contributed by atoms with E-state index in [1.54, 1.807) is 4.90 Å². The number of amides is 1. The van der Waals surface area contributed by atoms with Crippen LogP contribution in [0.25, 0.3) is 0 Å². The van der Waals surface area contributed by atoms with Gasteiger partial charge in [-0.05, 0) is 26.2 Å². The maximum Gasteiger partial charge on any atom is 0.277 e. The van der Waals surface area contributed by atoms with Crippen LogP contribution in [0.2, 0.25) is 0 Å². The Kier molecular flexibility index (Phi) is 10.5. The first-order valence-electron chi connectivity index (χ1n) is 7.79. The van der Waals surface area contributed by atoms with Gasteiger partial charge in [-0.15, -0.1) is 0 Å². The first-order chi connectivity index (χ1) is 9.90. The minimum atomic E-state index is -2.96. The first-order valence-corrected chi connectivity index (χ1v) is 10.0. The van der Waals surface area contributed by atoms with Gasteiger partial charge < -0.3 is 9.42 Å². The Morgan fingerprint density at radius 3 is 1.83 bits per heavy atom. The molecule has 1 aliphatic rings. The van der Waals surface area contributed by atoms with Crippen LogP contribution in [-0.2, 0) is 13.9 Å². The van der Waals surface area contributed by atoms with Crippen LogP contribution in [0.15, 0.2) is 0 Å². The lowest BCUT2D eigenvalue weighted by molar-refractivity contribution is -0.129. The predicted octanol–water partition coefficient (Wildman–Crippen LogP) is 4.39. The van der Waals surface area contributed by atoms with Gasteiger partial charge in [0.2, 0.25) is 5.91 Å². The summed E-state index contributed by atoms with van der Waals surface area (Å²) in [5, 5.41) is -0.450. The largest absolute Gasteiger partial charge is 0.339 e. The third-order valence-corrected chi connectivity index (χ3v) is 7.23. The molecule has 1 saturated heterocycles. The zero-order valence-electron chi connectivity index (χ0n) is 14.8. The number of carbonyl (C=O) groups is 1. The Balaban J connectivity index is 0. The molecule has 0 aliphatic carbocycles. The molecule has 0 radical (unpaired) electrons. The zero-order chi connectivity index (χ0) is 17.2. The van der Waals surface area contributed by atoms with Crippen molar-refractivity contribution in [3.63, 3.8) is 0 Å². The number of rotatable bonds is 4. The maximum absolute atomic E-state index is 13.6. The summed E-state index contributed by atoms with van der Waals surface area (Å²) in [5.41, 5.74) is -0.0370. The molecule has 146 valence electrons. The van der Waals surface area contributed by atoms with Crippen LogP contribution in [0.4, 0.5) is 0 Å². The molecule has 0 saturated carbocycles. The molecular weight excluding hydrogens is 343 g/mol. The van der Waals surface area contributed by atoms with Gasteiger partial charge in [-0.3, -0.25) is 9.36 Å². The lowest BCUT2D eigenvalue weighted by Gasteiger charge is -2.44. The van der Waals surface area contributed by atoms with Crippen LogP contribution < -0.4 is 0 Å². The molecule has 1 unspecified atom stereocenters.